The minimum Gasteiger partial charge on any atom is -0.394 e. The maximum atomic E-state index is 13.9. The summed E-state index contributed by atoms with van der Waals surface area (Å²) in [6.07, 6.45) is -3.85. The van der Waals surface area contributed by atoms with Gasteiger partial charge in [-0.3, -0.25) is 38.4 Å². The van der Waals surface area contributed by atoms with Gasteiger partial charge in [-0.2, -0.15) is 0 Å². The van der Waals surface area contributed by atoms with Crippen LogP contribution in [0.2, 0.25) is 0 Å². The van der Waals surface area contributed by atoms with Crippen molar-refractivity contribution >= 4 is 47.3 Å². The summed E-state index contributed by atoms with van der Waals surface area (Å²) in [6, 6.07) is -3.16. The predicted octanol–water partition coefficient (Wildman–Crippen LogP) is -3.53. The zero-order chi connectivity index (χ0) is 75.1. The summed E-state index contributed by atoms with van der Waals surface area (Å²) < 4.78 is 57.6. The molecule has 3 aliphatic rings. The summed E-state index contributed by atoms with van der Waals surface area (Å²) >= 11 is 0. The lowest BCUT2D eigenvalue weighted by molar-refractivity contribution is -0.270. The molecule has 0 aromatic rings. The highest BCUT2D eigenvalue weighted by atomic mass is 16.7. The Bertz CT molecular complexity index is 2150. The first-order valence-corrected chi connectivity index (χ1v) is 36.1. The van der Waals surface area contributed by atoms with Crippen LogP contribution in [0.15, 0.2) is 0 Å². The van der Waals surface area contributed by atoms with Gasteiger partial charge in [-0.15, -0.1) is 0 Å². The molecule has 0 spiro atoms. The molecule has 3 saturated heterocycles. The van der Waals surface area contributed by atoms with E-state index in [1.165, 1.54) is 20.8 Å². The Morgan fingerprint density at radius 3 is 0.902 bits per heavy atom. The van der Waals surface area contributed by atoms with Crippen molar-refractivity contribution in [1.29, 1.82) is 0 Å². The Balaban J connectivity index is 1.59. The van der Waals surface area contributed by atoms with E-state index >= 15 is 0 Å². The fourth-order valence-corrected chi connectivity index (χ4v) is 11.5. The third kappa shape index (κ3) is 37.3. The number of carbonyl (C=O) groups excluding carboxylic acids is 8. The molecule has 102 heavy (non-hydrogen) atoms. The van der Waals surface area contributed by atoms with Crippen molar-refractivity contribution in [3.63, 3.8) is 0 Å². The summed E-state index contributed by atoms with van der Waals surface area (Å²) in [7, 11) is 1.65. The van der Waals surface area contributed by atoms with E-state index < -0.39 is 141 Å². The lowest BCUT2D eigenvalue weighted by Gasteiger charge is -2.42. The van der Waals surface area contributed by atoms with Gasteiger partial charge < -0.3 is 136 Å². The molecule has 15 atom stereocenters. The predicted molar refractivity (Wildman–Crippen MR) is 363 cm³/mol. The fourth-order valence-electron chi connectivity index (χ4n) is 11.5. The average molecular weight is 1470 g/mol. The van der Waals surface area contributed by atoms with E-state index in [0.717, 1.165) is 25.7 Å². The van der Waals surface area contributed by atoms with Crippen molar-refractivity contribution < 1.29 is 132 Å². The molecule has 3 rings (SSSR count). The SMILES string of the molecule is COCCCCCCNC(=O)CCCC(=O)NC(COCCC(=O)NCCCCCCO[C@@H]1OC(CO)[C@H](O)[C@H](O)C1NC(C)=O)(COCCC(=O)NCCCCCCO[C@@H]1OC(CO)[C@H](O)[C@H](O)C1NC(C)=O)COCCC(=O)NCCCCCCO[C@@H]1OC(CO)[C@H](O)[C@H](O)C1NC(C)=O. The first kappa shape index (κ1) is 91.2. The molecule has 3 heterocycles. The van der Waals surface area contributed by atoms with Gasteiger partial charge in [0.25, 0.3) is 0 Å². The van der Waals surface area contributed by atoms with Gasteiger partial charge in [0.1, 0.15) is 78.6 Å². The van der Waals surface area contributed by atoms with Gasteiger partial charge in [0.2, 0.25) is 47.3 Å². The Labute approximate surface area is 598 Å². The molecule has 592 valence electrons. The lowest BCUT2D eigenvalue weighted by atomic mass is 9.97. The zero-order valence-corrected chi connectivity index (χ0v) is 60.1. The van der Waals surface area contributed by atoms with Crippen LogP contribution < -0.4 is 42.5 Å². The standard InChI is InChI=1S/C67H122N8O27/c1-44(79)72-55-61(90)58(87)47(38-76)100-64(55)97-32-18-10-6-14-28-69-51(83)24-35-94-41-67(75-54(86)23-21-22-50(82)68-27-13-5-9-17-31-93-4,42-95-36-25-52(84)70-29-15-7-11-19-33-98-65-56(73-45(2)80)62(91)59(88)48(39-77)101-65)43-96-37-26-53(85)71-30-16-8-12-20-34-99-66-57(74-46(3)81)63(92)60(89)49(40-78)102-66/h47-49,55-66,76-78,87-92H,5-43H2,1-4H3,(H,68,82)(H,69,83)(H,70,84)(H,71,85)(H,72,79)(H,73,80)(H,74,81)(H,75,86)/t47?,48?,49?,55?,56?,57?,58-,59-,60-,61+,62+,63+,64+,65+,66+,67?/m0/s1. The van der Waals surface area contributed by atoms with Crippen LogP contribution in [-0.2, 0) is 85.7 Å². The van der Waals surface area contributed by atoms with Gasteiger partial charge >= 0.3 is 0 Å². The van der Waals surface area contributed by atoms with Crippen LogP contribution >= 0.6 is 0 Å². The molecule has 0 saturated carbocycles. The minimum absolute atomic E-state index is 0.0628. The molecule has 0 bridgehead atoms. The normalized spacial score (nSPS) is 25.5. The topological polar surface area (TPSA) is 507 Å². The Hall–Kier alpha value is -5.00. The van der Waals surface area contributed by atoms with E-state index in [9.17, 15) is 84.3 Å². The van der Waals surface area contributed by atoms with E-state index in [1.807, 2.05) is 0 Å². The number of unbranched alkanes of at least 4 members (excludes halogenated alkanes) is 12. The van der Waals surface area contributed by atoms with Crippen LogP contribution in [0.1, 0.15) is 162 Å². The highest BCUT2D eigenvalue weighted by Crippen LogP contribution is 2.26. The number of hydrogen-bond acceptors (Lipinski definition) is 27. The second-order valence-electron chi connectivity index (χ2n) is 26.1. The fraction of sp³-hybridized carbons (Fsp3) is 0.881. The van der Waals surface area contributed by atoms with Crippen molar-refractivity contribution in [3.8, 4) is 0 Å². The summed E-state index contributed by atoms with van der Waals surface area (Å²) in [6.45, 7) is 3.82. The molecule has 17 N–H and O–H groups in total. The molecule has 6 unspecified atom stereocenters. The number of hydrogen-bond donors (Lipinski definition) is 17. The van der Waals surface area contributed by atoms with Gasteiger partial charge in [0, 0.05) is 113 Å². The van der Waals surface area contributed by atoms with Crippen LogP contribution in [0.25, 0.3) is 0 Å². The number of amides is 8. The zero-order valence-electron chi connectivity index (χ0n) is 60.1. The van der Waals surface area contributed by atoms with E-state index in [1.54, 1.807) is 7.11 Å². The van der Waals surface area contributed by atoms with Crippen molar-refractivity contribution in [3.05, 3.63) is 0 Å². The van der Waals surface area contributed by atoms with Crippen molar-refractivity contribution in [1.82, 2.24) is 42.5 Å². The number of aliphatic hydroxyl groups is 9. The van der Waals surface area contributed by atoms with Gasteiger partial charge in [-0.25, -0.2) is 0 Å². The van der Waals surface area contributed by atoms with Gasteiger partial charge in [0.15, 0.2) is 18.9 Å². The first-order chi connectivity index (χ1) is 49.0. The third-order valence-electron chi connectivity index (χ3n) is 17.1. The monoisotopic (exact) mass is 1470 g/mol. The first-order valence-electron chi connectivity index (χ1n) is 36.1. The Morgan fingerprint density at radius 2 is 0.618 bits per heavy atom. The highest BCUT2D eigenvalue weighted by Gasteiger charge is 2.48. The molecule has 8 amide bonds. The number of ether oxygens (including phenoxy) is 10. The van der Waals surface area contributed by atoms with Gasteiger partial charge in [-0.1, -0.05) is 51.4 Å². The van der Waals surface area contributed by atoms with Crippen LogP contribution in [0.4, 0.5) is 0 Å². The summed E-state index contributed by atoms with van der Waals surface area (Å²) in [5, 5.41) is 113. The Morgan fingerprint density at radius 1 is 0.343 bits per heavy atom. The molecule has 0 radical (unpaired) electrons. The molecule has 35 nitrogen and oxygen atoms in total. The molecule has 3 fully saturated rings. The van der Waals surface area contributed by atoms with Crippen LogP contribution in [0, 0.1) is 0 Å². The molecule has 0 aliphatic carbocycles. The maximum Gasteiger partial charge on any atom is 0.222 e. The highest BCUT2D eigenvalue weighted by molar-refractivity contribution is 5.80. The van der Waals surface area contributed by atoms with E-state index in [0.29, 0.717) is 110 Å². The second-order valence-corrected chi connectivity index (χ2v) is 26.1. The van der Waals surface area contributed by atoms with Crippen LogP contribution in [0.3, 0.4) is 0 Å². The largest absolute Gasteiger partial charge is 0.394 e. The number of carbonyl (C=O) groups is 8. The van der Waals surface area contributed by atoms with E-state index in [-0.39, 0.29) is 122 Å². The van der Waals surface area contributed by atoms with E-state index in [4.69, 9.17) is 47.4 Å². The average Bonchev–Trinajstić information content (AvgIpc) is 0.841. The number of nitrogens with one attached hydrogen (secondary N) is 8. The van der Waals surface area contributed by atoms with Crippen LogP contribution in [0.5, 0.6) is 0 Å². The minimum atomic E-state index is -1.43. The number of methoxy groups -OCH3 is 1. The van der Waals surface area contributed by atoms with E-state index in [2.05, 4.69) is 42.5 Å². The lowest BCUT2D eigenvalue weighted by Crippen LogP contribution is -2.64. The van der Waals surface area contributed by atoms with Crippen molar-refractivity contribution in [2.45, 2.75) is 259 Å². The van der Waals surface area contributed by atoms with Crippen molar-refractivity contribution in [2.24, 2.45) is 0 Å². The number of rotatable bonds is 57. The third-order valence-corrected chi connectivity index (χ3v) is 17.1. The van der Waals surface area contributed by atoms with Crippen molar-refractivity contribution in [2.75, 3.05) is 119 Å². The summed E-state index contributed by atoms with van der Waals surface area (Å²) in [5.74, 6) is -3.00. The summed E-state index contributed by atoms with van der Waals surface area (Å²) in [5.41, 5.74) is -1.43. The summed E-state index contributed by atoms with van der Waals surface area (Å²) in [4.78, 5) is 101. The molecule has 0 aromatic heterocycles. The van der Waals surface area contributed by atoms with Gasteiger partial charge in [0.05, 0.1) is 59.5 Å². The van der Waals surface area contributed by atoms with Crippen LogP contribution in [-0.4, -0.2) is 310 Å². The molecule has 0 aromatic carbocycles. The maximum absolute atomic E-state index is 13.9. The quantitative estimate of drug-likeness (QED) is 0.0262. The molecule has 35 heteroatoms. The molecule has 3 aliphatic heterocycles. The number of aliphatic hydroxyl groups excluding tert-OH is 9. The van der Waals surface area contributed by atoms with Gasteiger partial charge in [-0.05, 0) is 57.8 Å². The Kier molecular flexibility index (Phi) is 48.0. The second kappa shape index (κ2) is 53.7. The smallest absolute Gasteiger partial charge is 0.222 e. The molecular weight excluding hydrogens is 1350 g/mol. The molecular formula is C67H122N8O27.